The van der Waals surface area contributed by atoms with Crippen LogP contribution in [0.1, 0.15) is 12.5 Å². The minimum atomic E-state index is -0.0903. The van der Waals surface area contributed by atoms with Crippen molar-refractivity contribution in [2.75, 3.05) is 12.4 Å². The van der Waals surface area contributed by atoms with Crippen LogP contribution in [0.5, 0.6) is 0 Å². The molecule has 0 atom stereocenters. The van der Waals surface area contributed by atoms with E-state index in [1.54, 1.807) is 25.4 Å². The fourth-order valence-electron chi connectivity index (χ4n) is 1.08. The third kappa shape index (κ3) is 5.07. The minimum absolute atomic E-state index is 0.0903. The van der Waals surface area contributed by atoms with E-state index < -0.39 is 0 Å². The van der Waals surface area contributed by atoms with Gasteiger partial charge >= 0.3 is 0 Å². The van der Waals surface area contributed by atoms with E-state index in [1.165, 1.54) is 6.92 Å². The van der Waals surface area contributed by atoms with Gasteiger partial charge in [-0.25, -0.2) is 0 Å². The molecule has 17 heavy (non-hydrogen) atoms. The van der Waals surface area contributed by atoms with Crippen LogP contribution >= 0.6 is 12.2 Å². The zero-order valence-electron chi connectivity index (χ0n) is 9.65. The largest absolute Gasteiger partial charge is 0.364 e. The molecule has 1 amide bonds. The fraction of sp³-hybridized carbons (Fsp3) is 0.182. The maximum atomic E-state index is 10.8. The Labute approximate surface area is 105 Å². The summed E-state index contributed by atoms with van der Waals surface area (Å²) >= 11 is 4.86. The van der Waals surface area contributed by atoms with Gasteiger partial charge in [-0.1, -0.05) is 12.1 Å². The summed E-state index contributed by atoms with van der Waals surface area (Å²) in [6, 6.07) is 7.30. The zero-order valence-corrected chi connectivity index (χ0v) is 10.5. The highest BCUT2D eigenvalue weighted by Crippen LogP contribution is 2.07. The Kier molecular flexibility index (Phi) is 5.09. The number of nitrogens with one attached hydrogen (secondary N) is 3. The SMILES string of the molecule is CNC(=S)NN=Cc1ccc(NC(C)=O)cc1. The van der Waals surface area contributed by atoms with Gasteiger partial charge in [0.1, 0.15) is 0 Å². The molecule has 90 valence electrons. The Bertz CT molecular complexity index is 428. The summed E-state index contributed by atoms with van der Waals surface area (Å²) in [6.45, 7) is 1.47. The average molecular weight is 250 g/mol. The third-order valence-corrected chi connectivity index (χ3v) is 2.13. The molecule has 0 unspecified atom stereocenters. The lowest BCUT2D eigenvalue weighted by atomic mass is 10.2. The van der Waals surface area contributed by atoms with E-state index in [0.29, 0.717) is 5.11 Å². The van der Waals surface area contributed by atoms with Crippen molar-refractivity contribution < 1.29 is 4.79 Å². The van der Waals surface area contributed by atoms with E-state index in [4.69, 9.17) is 12.2 Å². The molecule has 0 fully saturated rings. The van der Waals surface area contributed by atoms with E-state index in [0.717, 1.165) is 11.3 Å². The minimum Gasteiger partial charge on any atom is -0.364 e. The number of benzene rings is 1. The molecule has 5 nitrogen and oxygen atoms in total. The number of hydrogen-bond acceptors (Lipinski definition) is 3. The second-order valence-electron chi connectivity index (χ2n) is 3.25. The molecule has 1 rings (SSSR count). The topological polar surface area (TPSA) is 65.5 Å². The molecule has 0 heterocycles. The normalized spacial score (nSPS) is 10.0. The first kappa shape index (κ1) is 13.1. The van der Waals surface area contributed by atoms with Crippen LogP contribution in [0.15, 0.2) is 29.4 Å². The van der Waals surface area contributed by atoms with Crippen LogP contribution < -0.4 is 16.1 Å². The summed E-state index contributed by atoms with van der Waals surface area (Å²) in [5.41, 5.74) is 4.31. The summed E-state index contributed by atoms with van der Waals surface area (Å²) in [5, 5.41) is 9.82. The van der Waals surface area contributed by atoms with Crippen LogP contribution in [0.4, 0.5) is 5.69 Å². The molecule has 0 aliphatic carbocycles. The molecule has 3 N–H and O–H groups in total. The van der Waals surface area contributed by atoms with Gasteiger partial charge in [0, 0.05) is 19.7 Å². The van der Waals surface area contributed by atoms with Crippen LogP contribution in [0.25, 0.3) is 0 Å². The number of amides is 1. The Morgan fingerprint density at radius 3 is 2.53 bits per heavy atom. The van der Waals surface area contributed by atoms with Crippen LogP contribution in [0, 0.1) is 0 Å². The molecular formula is C11H14N4OS. The number of carbonyl (C=O) groups excluding carboxylic acids is 1. The first-order chi connectivity index (χ1) is 8.11. The number of rotatable bonds is 3. The maximum Gasteiger partial charge on any atom is 0.221 e. The highest BCUT2D eigenvalue weighted by molar-refractivity contribution is 7.80. The summed E-state index contributed by atoms with van der Waals surface area (Å²) < 4.78 is 0. The van der Waals surface area contributed by atoms with Gasteiger partial charge in [-0.05, 0) is 29.9 Å². The predicted molar refractivity (Wildman–Crippen MR) is 73.1 cm³/mol. The Morgan fingerprint density at radius 2 is 2.00 bits per heavy atom. The Balaban J connectivity index is 2.56. The lowest BCUT2D eigenvalue weighted by Crippen LogP contribution is -2.28. The van der Waals surface area contributed by atoms with E-state index in [2.05, 4.69) is 21.2 Å². The molecule has 0 bridgehead atoms. The van der Waals surface area contributed by atoms with Crippen LogP contribution in [0.3, 0.4) is 0 Å². The lowest BCUT2D eigenvalue weighted by Gasteiger charge is -2.02. The summed E-state index contributed by atoms with van der Waals surface area (Å²) in [5.74, 6) is -0.0903. The predicted octanol–water partition coefficient (Wildman–Crippen LogP) is 1.07. The zero-order chi connectivity index (χ0) is 12.7. The third-order valence-electron chi connectivity index (χ3n) is 1.84. The first-order valence-electron chi connectivity index (χ1n) is 5.00. The second kappa shape index (κ2) is 6.59. The molecule has 0 saturated heterocycles. The fourth-order valence-corrected chi connectivity index (χ4v) is 1.13. The quantitative estimate of drug-likeness (QED) is 0.426. The van der Waals surface area contributed by atoms with Crippen molar-refractivity contribution in [1.82, 2.24) is 10.7 Å². The Morgan fingerprint density at radius 1 is 1.35 bits per heavy atom. The molecule has 1 aromatic carbocycles. The van der Waals surface area contributed by atoms with Gasteiger partial charge in [-0.3, -0.25) is 10.2 Å². The number of anilines is 1. The summed E-state index contributed by atoms with van der Waals surface area (Å²) in [4.78, 5) is 10.8. The second-order valence-corrected chi connectivity index (χ2v) is 3.66. The summed E-state index contributed by atoms with van der Waals surface area (Å²) in [6.07, 6.45) is 1.64. The molecule has 1 aromatic rings. The smallest absolute Gasteiger partial charge is 0.221 e. The van der Waals surface area contributed by atoms with Crippen molar-refractivity contribution in [2.24, 2.45) is 5.10 Å². The van der Waals surface area contributed by atoms with Gasteiger partial charge in [0.15, 0.2) is 5.11 Å². The lowest BCUT2D eigenvalue weighted by molar-refractivity contribution is -0.114. The standard InChI is InChI=1S/C11H14N4OS/c1-8(16)14-10-5-3-9(4-6-10)7-13-15-11(17)12-2/h3-7H,1-2H3,(H,14,16)(H2,12,15,17). The molecule has 6 heteroatoms. The monoisotopic (exact) mass is 250 g/mol. The molecule has 0 saturated carbocycles. The van der Waals surface area contributed by atoms with Gasteiger partial charge in [0.25, 0.3) is 0 Å². The highest BCUT2D eigenvalue weighted by atomic mass is 32.1. The molecule has 0 aliphatic rings. The number of thiocarbonyl (C=S) groups is 1. The van der Waals surface area contributed by atoms with Crippen LogP contribution in [-0.2, 0) is 4.79 Å². The molecule has 0 aromatic heterocycles. The Hall–Kier alpha value is -1.95. The number of hydrogen-bond donors (Lipinski definition) is 3. The molecule has 0 aliphatic heterocycles. The van der Waals surface area contributed by atoms with Gasteiger partial charge in [0.2, 0.25) is 5.91 Å². The number of carbonyl (C=O) groups is 1. The highest BCUT2D eigenvalue weighted by Gasteiger charge is 1.94. The molecule has 0 radical (unpaired) electrons. The van der Waals surface area contributed by atoms with E-state index in [1.807, 2.05) is 12.1 Å². The van der Waals surface area contributed by atoms with E-state index in [-0.39, 0.29) is 5.91 Å². The van der Waals surface area contributed by atoms with Gasteiger partial charge < -0.3 is 10.6 Å². The van der Waals surface area contributed by atoms with Crippen molar-refractivity contribution in [3.8, 4) is 0 Å². The molecule has 0 spiro atoms. The van der Waals surface area contributed by atoms with Crippen molar-refractivity contribution in [3.05, 3.63) is 29.8 Å². The van der Waals surface area contributed by atoms with Gasteiger partial charge in [-0.2, -0.15) is 5.10 Å². The van der Waals surface area contributed by atoms with Crippen LogP contribution in [-0.4, -0.2) is 24.3 Å². The maximum absolute atomic E-state index is 10.8. The van der Waals surface area contributed by atoms with Crippen molar-refractivity contribution in [2.45, 2.75) is 6.92 Å². The van der Waals surface area contributed by atoms with E-state index >= 15 is 0 Å². The van der Waals surface area contributed by atoms with Gasteiger partial charge in [-0.15, -0.1) is 0 Å². The summed E-state index contributed by atoms with van der Waals surface area (Å²) in [7, 11) is 1.72. The van der Waals surface area contributed by atoms with Gasteiger partial charge in [0.05, 0.1) is 6.21 Å². The van der Waals surface area contributed by atoms with E-state index in [9.17, 15) is 4.79 Å². The van der Waals surface area contributed by atoms with Crippen molar-refractivity contribution in [3.63, 3.8) is 0 Å². The average Bonchev–Trinajstić information content (AvgIpc) is 2.30. The number of nitrogens with zero attached hydrogens (tertiary/aromatic N) is 1. The first-order valence-corrected chi connectivity index (χ1v) is 5.41. The molecular weight excluding hydrogens is 236 g/mol. The van der Waals surface area contributed by atoms with Crippen LogP contribution in [0.2, 0.25) is 0 Å². The van der Waals surface area contributed by atoms with Crippen molar-refractivity contribution in [1.29, 1.82) is 0 Å². The van der Waals surface area contributed by atoms with Crippen molar-refractivity contribution >= 4 is 35.1 Å². The number of hydrazone groups is 1.